The Labute approximate surface area is 105 Å². The van der Waals surface area contributed by atoms with E-state index in [1.807, 2.05) is 23.5 Å². The summed E-state index contributed by atoms with van der Waals surface area (Å²) in [6, 6.07) is 19.1. The van der Waals surface area contributed by atoms with Crippen LogP contribution in [-0.4, -0.2) is 5.75 Å². The molecule has 82 valence electrons. The van der Waals surface area contributed by atoms with Crippen molar-refractivity contribution in [2.75, 3.05) is 5.75 Å². The topological polar surface area (TPSA) is 0 Å². The summed E-state index contributed by atoms with van der Waals surface area (Å²) in [5, 5.41) is 0. The van der Waals surface area contributed by atoms with E-state index in [0.717, 1.165) is 5.75 Å². The third-order valence-corrected chi connectivity index (χ3v) is 4.29. The Morgan fingerprint density at radius 2 is 1.44 bits per heavy atom. The van der Waals surface area contributed by atoms with E-state index in [0.29, 0.717) is 0 Å². The molecule has 0 unspecified atom stereocenters. The molecule has 0 radical (unpaired) electrons. The highest BCUT2D eigenvalue weighted by atomic mass is 32.2. The molecule has 0 aliphatic carbocycles. The SMILES string of the molecule is CCSc1ccccc1Sc1ccccc1. The minimum atomic E-state index is 1.12. The van der Waals surface area contributed by atoms with Gasteiger partial charge in [0.2, 0.25) is 0 Å². The van der Waals surface area contributed by atoms with Gasteiger partial charge in [-0.3, -0.25) is 0 Å². The van der Waals surface area contributed by atoms with Crippen LogP contribution >= 0.6 is 23.5 Å². The zero-order valence-electron chi connectivity index (χ0n) is 9.22. The molecule has 0 aliphatic heterocycles. The lowest BCUT2D eigenvalue weighted by Gasteiger charge is -2.07. The standard InChI is InChI=1S/C14H14S2/c1-2-15-13-10-6-7-11-14(13)16-12-8-4-3-5-9-12/h3-11H,2H2,1H3. The molecule has 0 aliphatic rings. The normalized spacial score (nSPS) is 10.3. The zero-order valence-corrected chi connectivity index (χ0v) is 10.9. The van der Waals surface area contributed by atoms with Crippen molar-refractivity contribution >= 4 is 23.5 Å². The number of thioether (sulfide) groups is 1. The first-order chi connectivity index (χ1) is 7.90. The molecule has 0 bridgehead atoms. The fraction of sp³-hybridized carbons (Fsp3) is 0.143. The van der Waals surface area contributed by atoms with Gasteiger partial charge in [-0.2, -0.15) is 0 Å². The molecule has 2 aromatic rings. The van der Waals surface area contributed by atoms with E-state index in [9.17, 15) is 0 Å². The van der Waals surface area contributed by atoms with Crippen molar-refractivity contribution in [2.45, 2.75) is 21.6 Å². The fourth-order valence-corrected chi connectivity index (χ4v) is 3.29. The van der Waals surface area contributed by atoms with Crippen LogP contribution in [0.1, 0.15) is 6.92 Å². The number of benzene rings is 2. The lowest BCUT2D eigenvalue weighted by Crippen LogP contribution is -1.79. The summed E-state index contributed by atoms with van der Waals surface area (Å²) in [6.07, 6.45) is 0. The van der Waals surface area contributed by atoms with Gasteiger partial charge in [-0.25, -0.2) is 0 Å². The molecule has 0 heterocycles. The van der Waals surface area contributed by atoms with Gasteiger partial charge in [0.15, 0.2) is 0 Å². The molecule has 2 rings (SSSR count). The summed E-state index contributed by atoms with van der Waals surface area (Å²) >= 11 is 3.73. The highest BCUT2D eigenvalue weighted by molar-refractivity contribution is 8.02. The van der Waals surface area contributed by atoms with E-state index in [-0.39, 0.29) is 0 Å². The average molecular weight is 246 g/mol. The van der Waals surface area contributed by atoms with Gasteiger partial charge in [0.1, 0.15) is 0 Å². The molecule has 0 fully saturated rings. The van der Waals surface area contributed by atoms with E-state index in [2.05, 4.69) is 61.5 Å². The van der Waals surface area contributed by atoms with Crippen molar-refractivity contribution in [3.05, 3.63) is 54.6 Å². The second-order valence-corrected chi connectivity index (χ2v) is 5.72. The number of rotatable bonds is 4. The van der Waals surface area contributed by atoms with Crippen molar-refractivity contribution in [1.29, 1.82) is 0 Å². The van der Waals surface area contributed by atoms with E-state index in [4.69, 9.17) is 0 Å². The van der Waals surface area contributed by atoms with Crippen molar-refractivity contribution in [3.63, 3.8) is 0 Å². The lowest BCUT2D eigenvalue weighted by atomic mass is 10.4. The van der Waals surface area contributed by atoms with Crippen LogP contribution in [0.4, 0.5) is 0 Å². The van der Waals surface area contributed by atoms with Crippen molar-refractivity contribution in [1.82, 2.24) is 0 Å². The van der Waals surface area contributed by atoms with Gasteiger partial charge in [0.25, 0.3) is 0 Å². The maximum atomic E-state index is 2.19. The lowest BCUT2D eigenvalue weighted by molar-refractivity contribution is 1.24. The second-order valence-electron chi connectivity index (χ2n) is 3.29. The first kappa shape index (κ1) is 11.6. The third-order valence-electron chi connectivity index (χ3n) is 2.12. The predicted octanol–water partition coefficient (Wildman–Crippen LogP) is 4.95. The molecular formula is C14H14S2. The molecule has 0 atom stereocenters. The highest BCUT2D eigenvalue weighted by Crippen LogP contribution is 2.35. The summed E-state index contributed by atoms with van der Waals surface area (Å²) in [5.41, 5.74) is 0. The monoisotopic (exact) mass is 246 g/mol. The summed E-state index contributed by atoms with van der Waals surface area (Å²) in [4.78, 5) is 4.02. The molecule has 2 heteroatoms. The van der Waals surface area contributed by atoms with Gasteiger partial charge >= 0.3 is 0 Å². The Kier molecular flexibility index (Phi) is 4.37. The molecule has 0 N–H and O–H groups in total. The predicted molar refractivity (Wildman–Crippen MR) is 73.4 cm³/mol. The van der Waals surface area contributed by atoms with Crippen LogP contribution in [0.25, 0.3) is 0 Å². The van der Waals surface area contributed by atoms with Crippen molar-refractivity contribution in [3.8, 4) is 0 Å². The van der Waals surface area contributed by atoms with E-state index < -0.39 is 0 Å². The summed E-state index contributed by atoms with van der Waals surface area (Å²) in [6.45, 7) is 2.19. The Hall–Kier alpha value is -0.860. The molecule has 16 heavy (non-hydrogen) atoms. The van der Waals surface area contributed by atoms with E-state index in [1.54, 1.807) is 0 Å². The molecule has 0 amide bonds. The maximum Gasteiger partial charge on any atom is 0.0258 e. The summed E-state index contributed by atoms with van der Waals surface area (Å²) < 4.78 is 0. The minimum Gasteiger partial charge on any atom is -0.125 e. The van der Waals surface area contributed by atoms with Crippen LogP contribution < -0.4 is 0 Å². The summed E-state index contributed by atoms with van der Waals surface area (Å²) in [7, 11) is 0. The van der Waals surface area contributed by atoms with Gasteiger partial charge in [-0.15, -0.1) is 11.8 Å². The van der Waals surface area contributed by atoms with Gasteiger partial charge in [0, 0.05) is 14.7 Å². The van der Waals surface area contributed by atoms with Gasteiger partial charge in [-0.1, -0.05) is 49.0 Å². The highest BCUT2D eigenvalue weighted by Gasteiger charge is 2.02. The third kappa shape index (κ3) is 3.06. The Balaban J connectivity index is 2.21. The Bertz CT molecular complexity index is 437. The largest absolute Gasteiger partial charge is 0.125 e. The average Bonchev–Trinajstić information content (AvgIpc) is 2.33. The molecular weight excluding hydrogens is 232 g/mol. The molecule has 2 aromatic carbocycles. The van der Waals surface area contributed by atoms with Gasteiger partial charge < -0.3 is 0 Å². The van der Waals surface area contributed by atoms with Crippen LogP contribution in [0, 0.1) is 0 Å². The number of hydrogen-bond donors (Lipinski definition) is 0. The van der Waals surface area contributed by atoms with Gasteiger partial charge in [-0.05, 0) is 30.0 Å². The van der Waals surface area contributed by atoms with Crippen molar-refractivity contribution in [2.24, 2.45) is 0 Å². The maximum absolute atomic E-state index is 2.19. The Morgan fingerprint density at radius 3 is 2.12 bits per heavy atom. The number of hydrogen-bond acceptors (Lipinski definition) is 2. The molecule has 0 aromatic heterocycles. The molecule has 0 nitrogen and oxygen atoms in total. The second kappa shape index (κ2) is 6.02. The van der Waals surface area contributed by atoms with Crippen LogP contribution in [0.2, 0.25) is 0 Å². The fourth-order valence-electron chi connectivity index (χ4n) is 1.42. The zero-order chi connectivity index (χ0) is 11.2. The molecule has 0 saturated carbocycles. The molecule has 0 saturated heterocycles. The first-order valence-corrected chi connectivity index (χ1v) is 7.15. The van der Waals surface area contributed by atoms with E-state index >= 15 is 0 Å². The van der Waals surface area contributed by atoms with Crippen LogP contribution in [0.5, 0.6) is 0 Å². The van der Waals surface area contributed by atoms with Crippen molar-refractivity contribution < 1.29 is 0 Å². The minimum absolute atomic E-state index is 1.12. The van der Waals surface area contributed by atoms with Crippen LogP contribution in [-0.2, 0) is 0 Å². The smallest absolute Gasteiger partial charge is 0.0258 e. The van der Waals surface area contributed by atoms with E-state index in [1.165, 1.54) is 14.7 Å². The molecule has 0 spiro atoms. The Morgan fingerprint density at radius 1 is 0.812 bits per heavy atom. The van der Waals surface area contributed by atoms with Gasteiger partial charge in [0.05, 0.1) is 0 Å². The van der Waals surface area contributed by atoms with Crippen LogP contribution in [0.3, 0.4) is 0 Å². The first-order valence-electron chi connectivity index (χ1n) is 5.35. The van der Waals surface area contributed by atoms with Crippen LogP contribution in [0.15, 0.2) is 69.3 Å². The summed E-state index contributed by atoms with van der Waals surface area (Å²) in [5.74, 6) is 1.12. The quantitative estimate of drug-likeness (QED) is 0.700.